The molecule has 0 bridgehead atoms. The molecule has 0 fully saturated rings. The van der Waals surface area contributed by atoms with Crippen LogP contribution in [0.3, 0.4) is 0 Å². The lowest BCUT2D eigenvalue weighted by molar-refractivity contribution is -0.136. The molecule has 0 aliphatic rings. The van der Waals surface area contributed by atoms with E-state index >= 15 is 0 Å². The number of rotatable bonds is 7. The van der Waals surface area contributed by atoms with Crippen molar-refractivity contribution in [1.29, 1.82) is 0 Å². The van der Waals surface area contributed by atoms with Crippen molar-refractivity contribution in [3.63, 3.8) is 0 Å². The first kappa shape index (κ1) is 17.5. The zero-order valence-corrected chi connectivity index (χ0v) is 14.0. The van der Waals surface area contributed by atoms with E-state index in [1.54, 1.807) is 14.2 Å². The van der Waals surface area contributed by atoms with E-state index in [1.165, 1.54) is 0 Å². The minimum Gasteiger partial charge on any atom is -0.496 e. The molecule has 0 aromatic heterocycles. The minimum absolute atomic E-state index is 0.109. The molecule has 118 valence electrons. The second-order valence-electron chi connectivity index (χ2n) is 5.64. The summed E-state index contributed by atoms with van der Waals surface area (Å²) in [5, 5.41) is 2.96. The minimum atomic E-state index is -0.794. The molecule has 1 aromatic rings. The maximum Gasteiger partial charge on any atom is 0.256 e. The molecule has 0 saturated heterocycles. The van der Waals surface area contributed by atoms with E-state index in [1.807, 2.05) is 32.9 Å². The van der Waals surface area contributed by atoms with Crippen molar-refractivity contribution in [3.05, 3.63) is 23.3 Å². The number of hydrogen-bond donors (Lipinski definition) is 1. The van der Waals surface area contributed by atoms with Crippen molar-refractivity contribution < 1.29 is 14.3 Å². The van der Waals surface area contributed by atoms with Gasteiger partial charge in [-0.1, -0.05) is 19.8 Å². The number of carbonyl (C=O) groups excluding carboxylic acids is 1. The molecule has 0 saturated carbocycles. The molecular weight excluding hydrogens is 266 g/mol. The summed E-state index contributed by atoms with van der Waals surface area (Å²) in [7, 11) is 3.24. The summed E-state index contributed by atoms with van der Waals surface area (Å²) in [6, 6.07) is 3.83. The lowest BCUT2D eigenvalue weighted by Crippen LogP contribution is -2.41. The standard InChI is InChI=1S/C17H27NO3/c1-7-8-9-17(4,21-6)16(19)18-14-10-12(2)15(20-5)13(3)11-14/h10-11H,7-9H2,1-6H3,(H,18,19)/t17-/m0/s1. The Labute approximate surface area is 127 Å². The van der Waals surface area contributed by atoms with Crippen molar-refractivity contribution in [2.45, 2.75) is 52.6 Å². The molecule has 21 heavy (non-hydrogen) atoms. The van der Waals surface area contributed by atoms with Crippen molar-refractivity contribution in [2.75, 3.05) is 19.5 Å². The van der Waals surface area contributed by atoms with Gasteiger partial charge < -0.3 is 14.8 Å². The zero-order valence-electron chi connectivity index (χ0n) is 14.0. The molecule has 0 unspecified atom stereocenters. The Morgan fingerprint density at radius 3 is 2.24 bits per heavy atom. The largest absolute Gasteiger partial charge is 0.496 e. The number of hydrogen-bond acceptors (Lipinski definition) is 3. The molecule has 1 rings (SSSR count). The van der Waals surface area contributed by atoms with Gasteiger partial charge in [0.05, 0.1) is 7.11 Å². The van der Waals surface area contributed by atoms with Gasteiger partial charge in [0.25, 0.3) is 5.91 Å². The van der Waals surface area contributed by atoms with Gasteiger partial charge >= 0.3 is 0 Å². The highest BCUT2D eigenvalue weighted by molar-refractivity contribution is 5.97. The van der Waals surface area contributed by atoms with E-state index in [0.29, 0.717) is 6.42 Å². The van der Waals surface area contributed by atoms with E-state index in [-0.39, 0.29) is 5.91 Å². The number of methoxy groups -OCH3 is 2. The second-order valence-corrected chi connectivity index (χ2v) is 5.64. The maximum atomic E-state index is 12.5. The molecule has 1 amide bonds. The quantitative estimate of drug-likeness (QED) is 0.830. The van der Waals surface area contributed by atoms with Crippen LogP contribution in [0.2, 0.25) is 0 Å². The summed E-state index contributed by atoms with van der Waals surface area (Å²) < 4.78 is 10.8. The van der Waals surface area contributed by atoms with Crippen LogP contribution < -0.4 is 10.1 Å². The van der Waals surface area contributed by atoms with Crippen molar-refractivity contribution in [1.82, 2.24) is 0 Å². The van der Waals surface area contributed by atoms with Crippen LogP contribution in [0.4, 0.5) is 5.69 Å². The fraction of sp³-hybridized carbons (Fsp3) is 0.588. The molecule has 4 nitrogen and oxygen atoms in total. The summed E-state index contributed by atoms with van der Waals surface area (Å²) in [6.07, 6.45) is 2.70. The number of aryl methyl sites for hydroxylation is 2. The fourth-order valence-electron chi connectivity index (χ4n) is 2.43. The van der Waals surface area contributed by atoms with Crippen LogP contribution in [0.5, 0.6) is 5.75 Å². The average molecular weight is 293 g/mol. The third-order valence-corrected chi connectivity index (χ3v) is 3.86. The van der Waals surface area contributed by atoms with Gasteiger partial charge in [0.15, 0.2) is 0 Å². The maximum absolute atomic E-state index is 12.5. The van der Waals surface area contributed by atoms with Gasteiger partial charge in [-0.15, -0.1) is 0 Å². The highest BCUT2D eigenvalue weighted by Crippen LogP contribution is 2.28. The third-order valence-electron chi connectivity index (χ3n) is 3.86. The third kappa shape index (κ3) is 4.21. The van der Waals surface area contributed by atoms with Gasteiger partial charge in [0, 0.05) is 12.8 Å². The van der Waals surface area contributed by atoms with Gasteiger partial charge in [0.1, 0.15) is 11.4 Å². The lowest BCUT2D eigenvalue weighted by atomic mass is 9.97. The number of ether oxygens (including phenoxy) is 2. The Morgan fingerprint density at radius 1 is 1.24 bits per heavy atom. The molecule has 1 aromatic carbocycles. The first-order valence-corrected chi connectivity index (χ1v) is 7.39. The number of anilines is 1. The topological polar surface area (TPSA) is 47.6 Å². The lowest BCUT2D eigenvalue weighted by Gasteiger charge is -2.27. The molecule has 1 N–H and O–H groups in total. The zero-order chi connectivity index (χ0) is 16.0. The summed E-state index contributed by atoms with van der Waals surface area (Å²) in [6.45, 7) is 7.87. The molecule has 0 radical (unpaired) electrons. The van der Waals surface area contributed by atoms with Crippen LogP contribution in [-0.4, -0.2) is 25.7 Å². The second kappa shape index (κ2) is 7.46. The van der Waals surface area contributed by atoms with Gasteiger partial charge in [-0.25, -0.2) is 0 Å². The predicted molar refractivity (Wildman–Crippen MR) is 86.0 cm³/mol. The fourth-order valence-corrected chi connectivity index (χ4v) is 2.43. The van der Waals surface area contributed by atoms with Crippen molar-refractivity contribution in [2.24, 2.45) is 0 Å². The smallest absolute Gasteiger partial charge is 0.256 e. The molecule has 0 aliphatic carbocycles. The summed E-state index contributed by atoms with van der Waals surface area (Å²) in [5.41, 5.74) is 1.98. The Bertz CT molecular complexity index is 476. The molecule has 0 heterocycles. The van der Waals surface area contributed by atoms with Crippen LogP contribution in [-0.2, 0) is 9.53 Å². The van der Waals surface area contributed by atoms with Gasteiger partial charge in [-0.2, -0.15) is 0 Å². The highest BCUT2D eigenvalue weighted by Gasteiger charge is 2.32. The Kier molecular flexibility index (Phi) is 6.21. The molecular formula is C17H27NO3. The normalized spacial score (nSPS) is 13.6. The Hall–Kier alpha value is -1.55. The van der Waals surface area contributed by atoms with E-state index in [4.69, 9.17) is 9.47 Å². The SMILES string of the molecule is CCCC[C@](C)(OC)C(=O)Nc1cc(C)c(OC)c(C)c1. The molecule has 0 aliphatic heterocycles. The molecule has 0 spiro atoms. The van der Waals surface area contributed by atoms with E-state index in [0.717, 1.165) is 35.4 Å². The highest BCUT2D eigenvalue weighted by atomic mass is 16.5. The molecule has 4 heteroatoms. The molecule has 1 atom stereocenters. The van der Waals surface area contributed by atoms with Crippen LogP contribution in [0.25, 0.3) is 0 Å². The number of benzene rings is 1. The summed E-state index contributed by atoms with van der Waals surface area (Å²) in [5.74, 6) is 0.746. The van der Waals surface area contributed by atoms with Crippen LogP contribution in [0, 0.1) is 13.8 Å². The first-order chi connectivity index (χ1) is 9.87. The summed E-state index contributed by atoms with van der Waals surface area (Å²) in [4.78, 5) is 12.5. The Morgan fingerprint density at radius 2 is 1.81 bits per heavy atom. The van der Waals surface area contributed by atoms with Gasteiger partial charge in [-0.05, 0) is 50.5 Å². The monoisotopic (exact) mass is 293 g/mol. The van der Waals surface area contributed by atoms with E-state index in [2.05, 4.69) is 12.2 Å². The van der Waals surface area contributed by atoms with E-state index < -0.39 is 5.60 Å². The average Bonchev–Trinajstić information content (AvgIpc) is 2.44. The van der Waals surface area contributed by atoms with Crippen LogP contribution in [0.15, 0.2) is 12.1 Å². The number of unbranched alkanes of at least 4 members (excludes halogenated alkanes) is 1. The van der Waals surface area contributed by atoms with Crippen molar-refractivity contribution >= 4 is 11.6 Å². The first-order valence-electron chi connectivity index (χ1n) is 7.39. The number of nitrogens with one attached hydrogen (secondary N) is 1. The van der Waals surface area contributed by atoms with Crippen LogP contribution in [0.1, 0.15) is 44.2 Å². The van der Waals surface area contributed by atoms with Crippen LogP contribution >= 0.6 is 0 Å². The van der Waals surface area contributed by atoms with E-state index in [9.17, 15) is 4.79 Å². The Balaban J connectivity index is 2.92. The number of carbonyl (C=O) groups is 1. The van der Waals surface area contributed by atoms with Gasteiger partial charge in [-0.3, -0.25) is 4.79 Å². The van der Waals surface area contributed by atoms with Crippen molar-refractivity contribution in [3.8, 4) is 5.75 Å². The number of amides is 1. The van der Waals surface area contributed by atoms with Gasteiger partial charge in [0.2, 0.25) is 0 Å². The predicted octanol–water partition coefficient (Wildman–Crippen LogP) is 3.85. The summed E-state index contributed by atoms with van der Waals surface area (Å²) >= 11 is 0.